The second-order valence-electron chi connectivity index (χ2n) is 5.46. The molecular formula is C18H25N3. The summed E-state index contributed by atoms with van der Waals surface area (Å²) in [6.45, 7) is 6.25. The molecule has 0 saturated heterocycles. The molecular weight excluding hydrogens is 258 g/mol. The van der Waals surface area contributed by atoms with Crippen molar-refractivity contribution in [1.82, 2.24) is 10.3 Å². The number of nitrogens with zero attached hydrogens (tertiary/aromatic N) is 2. The minimum absolute atomic E-state index is 0.304. The van der Waals surface area contributed by atoms with Crippen molar-refractivity contribution in [2.24, 2.45) is 0 Å². The standard InChI is InChI=1S/C18H25N3/c1-4-12-19-15(2)18-11-10-17(13-20-18)21(3)14-16-8-6-5-7-9-16/h5-11,13,15,19H,4,12,14H2,1-3H3. The molecule has 3 heteroatoms. The summed E-state index contributed by atoms with van der Waals surface area (Å²) < 4.78 is 0. The molecule has 1 unspecified atom stereocenters. The fourth-order valence-corrected chi connectivity index (χ4v) is 2.29. The highest BCUT2D eigenvalue weighted by atomic mass is 15.1. The Morgan fingerprint density at radius 2 is 1.90 bits per heavy atom. The molecule has 2 rings (SSSR count). The summed E-state index contributed by atoms with van der Waals surface area (Å²) >= 11 is 0. The maximum absolute atomic E-state index is 4.59. The van der Waals surface area contributed by atoms with Gasteiger partial charge in [-0.3, -0.25) is 4.98 Å². The van der Waals surface area contributed by atoms with Crippen molar-refractivity contribution < 1.29 is 0 Å². The highest BCUT2D eigenvalue weighted by Crippen LogP contribution is 2.17. The van der Waals surface area contributed by atoms with E-state index in [1.807, 2.05) is 12.3 Å². The van der Waals surface area contributed by atoms with Crippen LogP contribution in [0.1, 0.15) is 37.6 Å². The van der Waals surface area contributed by atoms with Gasteiger partial charge in [0.15, 0.2) is 0 Å². The summed E-state index contributed by atoms with van der Waals surface area (Å²) in [5.41, 5.74) is 3.55. The van der Waals surface area contributed by atoms with Crippen molar-refractivity contribution in [1.29, 1.82) is 0 Å². The van der Waals surface area contributed by atoms with E-state index in [2.05, 4.69) is 72.5 Å². The van der Waals surface area contributed by atoms with Gasteiger partial charge in [0.05, 0.1) is 17.6 Å². The van der Waals surface area contributed by atoms with Crippen LogP contribution < -0.4 is 10.2 Å². The van der Waals surface area contributed by atoms with Gasteiger partial charge >= 0.3 is 0 Å². The predicted octanol–water partition coefficient (Wildman–Crippen LogP) is 3.78. The van der Waals surface area contributed by atoms with E-state index in [1.54, 1.807) is 0 Å². The molecule has 0 aliphatic heterocycles. The Morgan fingerprint density at radius 3 is 2.52 bits per heavy atom. The number of hydrogen-bond donors (Lipinski definition) is 1. The van der Waals surface area contributed by atoms with Crippen LogP contribution in [0.4, 0.5) is 5.69 Å². The molecule has 0 aliphatic carbocycles. The van der Waals surface area contributed by atoms with E-state index >= 15 is 0 Å². The van der Waals surface area contributed by atoms with Crippen LogP contribution in [0.25, 0.3) is 0 Å². The molecule has 0 aliphatic rings. The summed E-state index contributed by atoms with van der Waals surface area (Å²) in [6.07, 6.45) is 3.10. The number of hydrogen-bond acceptors (Lipinski definition) is 3. The largest absolute Gasteiger partial charge is 0.369 e. The molecule has 112 valence electrons. The molecule has 1 atom stereocenters. The van der Waals surface area contributed by atoms with Crippen LogP contribution in [0.5, 0.6) is 0 Å². The van der Waals surface area contributed by atoms with E-state index in [9.17, 15) is 0 Å². The lowest BCUT2D eigenvalue weighted by atomic mass is 10.2. The van der Waals surface area contributed by atoms with Gasteiger partial charge in [-0.1, -0.05) is 37.3 Å². The zero-order valence-electron chi connectivity index (χ0n) is 13.2. The van der Waals surface area contributed by atoms with Gasteiger partial charge < -0.3 is 10.2 Å². The molecule has 1 heterocycles. The molecule has 0 saturated carbocycles. The molecule has 2 aromatic rings. The lowest BCUT2D eigenvalue weighted by Gasteiger charge is -2.20. The zero-order valence-corrected chi connectivity index (χ0v) is 13.2. The van der Waals surface area contributed by atoms with E-state index in [1.165, 1.54) is 5.56 Å². The van der Waals surface area contributed by atoms with Crippen LogP contribution in [0, 0.1) is 0 Å². The Bertz CT molecular complexity index is 522. The number of nitrogens with one attached hydrogen (secondary N) is 1. The smallest absolute Gasteiger partial charge is 0.0572 e. The molecule has 0 radical (unpaired) electrons. The van der Waals surface area contributed by atoms with Crippen molar-refractivity contribution >= 4 is 5.69 Å². The van der Waals surface area contributed by atoms with Crippen LogP contribution >= 0.6 is 0 Å². The van der Waals surface area contributed by atoms with Gasteiger partial charge in [0.2, 0.25) is 0 Å². The van der Waals surface area contributed by atoms with Crippen molar-refractivity contribution in [2.75, 3.05) is 18.5 Å². The van der Waals surface area contributed by atoms with E-state index in [-0.39, 0.29) is 0 Å². The zero-order chi connectivity index (χ0) is 15.1. The molecule has 0 fully saturated rings. The third-order valence-electron chi connectivity index (χ3n) is 3.62. The quantitative estimate of drug-likeness (QED) is 0.838. The first kappa shape index (κ1) is 15.5. The van der Waals surface area contributed by atoms with Crippen molar-refractivity contribution in [2.45, 2.75) is 32.9 Å². The average molecular weight is 283 g/mol. The molecule has 21 heavy (non-hydrogen) atoms. The van der Waals surface area contributed by atoms with Crippen LogP contribution in [0.2, 0.25) is 0 Å². The third-order valence-corrected chi connectivity index (χ3v) is 3.62. The monoisotopic (exact) mass is 283 g/mol. The van der Waals surface area contributed by atoms with E-state index in [0.717, 1.165) is 30.9 Å². The lowest BCUT2D eigenvalue weighted by molar-refractivity contribution is 0.558. The summed E-state index contributed by atoms with van der Waals surface area (Å²) in [5.74, 6) is 0. The molecule has 0 spiro atoms. The van der Waals surface area contributed by atoms with Crippen molar-refractivity contribution in [3.63, 3.8) is 0 Å². The summed E-state index contributed by atoms with van der Waals surface area (Å²) in [4.78, 5) is 6.81. The van der Waals surface area contributed by atoms with E-state index in [4.69, 9.17) is 0 Å². The van der Waals surface area contributed by atoms with E-state index in [0.29, 0.717) is 6.04 Å². The molecule has 0 bridgehead atoms. The normalized spacial score (nSPS) is 12.1. The van der Waals surface area contributed by atoms with Gasteiger partial charge in [-0.25, -0.2) is 0 Å². The Morgan fingerprint density at radius 1 is 1.14 bits per heavy atom. The number of aromatic nitrogens is 1. The minimum atomic E-state index is 0.304. The highest BCUT2D eigenvalue weighted by molar-refractivity contribution is 5.44. The highest BCUT2D eigenvalue weighted by Gasteiger charge is 2.07. The number of benzene rings is 1. The number of pyridine rings is 1. The fraction of sp³-hybridized carbons (Fsp3) is 0.389. The average Bonchev–Trinajstić information content (AvgIpc) is 2.53. The Labute approximate surface area is 128 Å². The first-order valence-electron chi connectivity index (χ1n) is 7.65. The van der Waals surface area contributed by atoms with Gasteiger partial charge in [-0.05, 0) is 37.6 Å². The maximum atomic E-state index is 4.59. The van der Waals surface area contributed by atoms with E-state index < -0.39 is 0 Å². The van der Waals surface area contributed by atoms with Gasteiger partial charge in [0.25, 0.3) is 0 Å². The Balaban J connectivity index is 1.98. The topological polar surface area (TPSA) is 28.2 Å². The maximum Gasteiger partial charge on any atom is 0.0572 e. The minimum Gasteiger partial charge on any atom is -0.369 e. The molecule has 0 amide bonds. The first-order chi connectivity index (χ1) is 10.2. The second kappa shape index (κ2) is 7.79. The van der Waals surface area contributed by atoms with Gasteiger partial charge in [-0.2, -0.15) is 0 Å². The third kappa shape index (κ3) is 4.57. The Kier molecular flexibility index (Phi) is 5.76. The van der Waals surface area contributed by atoms with Crippen LogP contribution in [0.3, 0.4) is 0 Å². The van der Waals surface area contributed by atoms with Gasteiger partial charge in [0.1, 0.15) is 0 Å². The van der Waals surface area contributed by atoms with Crippen molar-refractivity contribution in [3.05, 3.63) is 59.9 Å². The lowest BCUT2D eigenvalue weighted by Crippen LogP contribution is -2.21. The van der Waals surface area contributed by atoms with Gasteiger partial charge in [0, 0.05) is 19.6 Å². The molecule has 1 aromatic heterocycles. The van der Waals surface area contributed by atoms with Crippen molar-refractivity contribution in [3.8, 4) is 0 Å². The first-order valence-corrected chi connectivity index (χ1v) is 7.65. The fourth-order valence-electron chi connectivity index (χ4n) is 2.29. The van der Waals surface area contributed by atoms with Crippen LogP contribution in [-0.2, 0) is 6.54 Å². The SMILES string of the molecule is CCCNC(C)c1ccc(N(C)Cc2ccccc2)cn1. The second-order valence-corrected chi connectivity index (χ2v) is 5.46. The van der Waals surface area contributed by atoms with Crippen LogP contribution in [0.15, 0.2) is 48.7 Å². The number of rotatable bonds is 7. The number of anilines is 1. The van der Waals surface area contributed by atoms with Crippen LogP contribution in [-0.4, -0.2) is 18.6 Å². The molecule has 3 nitrogen and oxygen atoms in total. The van der Waals surface area contributed by atoms with Gasteiger partial charge in [-0.15, -0.1) is 0 Å². The molecule has 1 N–H and O–H groups in total. The summed E-state index contributed by atoms with van der Waals surface area (Å²) in [5, 5.41) is 3.46. The molecule has 1 aromatic carbocycles. The summed E-state index contributed by atoms with van der Waals surface area (Å²) in [7, 11) is 2.10. The Hall–Kier alpha value is -1.87. The summed E-state index contributed by atoms with van der Waals surface area (Å²) in [6, 6.07) is 15.1. The predicted molar refractivity (Wildman–Crippen MR) is 89.5 cm³/mol.